The van der Waals surface area contributed by atoms with Gasteiger partial charge in [0.1, 0.15) is 5.75 Å². The second kappa shape index (κ2) is 6.52. The Hall–Kier alpha value is -3.34. The van der Waals surface area contributed by atoms with Crippen LogP contribution in [0.5, 0.6) is 5.75 Å². The number of para-hydroxylation sites is 1. The average molecular weight is 345 g/mol. The van der Waals surface area contributed by atoms with Gasteiger partial charge in [0.2, 0.25) is 0 Å². The Morgan fingerprint density at radius 1 is 1.12 bits per heavy atom. The maximum absolute atomic E-state index is 12.8. The molecule has 0 aliphatic carbocycles. The van der Waals surface area contributed by atoms with Crippen LogP contribution >= 0.6 is 0 Å². The molecule has 4 rings (SSSR count). The fraction of sp³-hybridized carbons (Fsp3) is 0.143. The molecule has 2 aromatic heterocycles. The number of phenols is 1. The Bertz CT molecular complexity index is 1120. The standard InChI is InChI=1S/C21H19N3O2/c1-2-17-20(23-19-6-4-3-5-18(19)21(17)26)15-11-22-24(13-15)12-14-7-9-16(25)10-8-14/h3-11,13,25H,2,12H2,1H3,(H,23,26). The average Bonchev–Trinajstić information content (AvgIpc) is 3.12. The van der Waals surface area contributed by atoms with Crippen LogP contribution in [0.1, 0.15) is 18.1 Å². The summed E-state index contributed by atoms with van der Waals surface area (Å²) in [5, 5.41) is 14.5. The molecule has 0 aliphatic heterocycles. The van der Waals surface area contributed by atoms with Gasteiger partial charge in [0.25, 0.3) is 0 Å². The molecule has 4 aromatic rings. The lowest BCUT2D eigenvalue weighted by molar-refractivity contribution is 0.475. The van der Waals surface area contributed by atoms with Gasteiger partial charge in [-0.1, -0.05) is 31.2 Å². The molecule has 130 valence electrons. The number of aromatic nitrogens is 3. The molecule has 2 N–H and O–H groups in total. The molecular formula is C21H19N3O2. The fourth-order valence-electron chi connectivity index (χ4n) is 3.23. The minimum Gasteiger partial charge on any atom is -0.508 e. The third-order valence-corrected chi connectivity index (χ3v) is 4.56. The number of aromatic amines is 1. The molecule has 0 amide bonds. The van der Waals surface area contributed by atoms with Crippen LogP contribution in [0, 0.1) is 0 Å². The molecule has 0 atom stereocenters. The lowest BCUT2D eigenvalue weighted by atomic mass is 10.0. The van der Waals surface area contributed by atoms with Crippen molar-refractivity contribution in [1.29, 1.82) is 0 Å². The van der Waals surface area contributed by atoms with E-state index in [0.29, 0.717) is 18.4 Å². The van der Waals surface area contributed by atoms with Gasteiger partial charge < -0.3 is 10.1 Å². The summed E-state index contributed by atoms with van der Waals surface area (Å²) in [6.45, 7) is 2.59. The van der Waals surface area contributed by atoms with E-state index in [1.807, 2.05) is 54.2 Å². The molecule has 2 heterocycles. The molecule has 0 saturated heterocycles. The highest BCUT2D eigenvalue weighted by atomic mass is 16.3. The number of hydrogen-bond donors (Lipinski definition) is 2. The van der Waals surface area contributed by atoms with Gasteiger partial charge >= 0.3 is 0 Å². The van der Waals surface area contributed by atoms with Crippen LogP contribution in [0.15, 0.2) is 65.7 Å². The molecule has 5 heteroatoms. The van der Waals surface area contributed by atoms with E-state index in [0.717, 1.165) is 27.9 Å². The van der Waals surface area contributed by atoms with E-state index in [9.17, 15) is 9.90 Å². The molecule has 0 radical (unpaired) electrons. The van der Waals surface area contributed by atoms with Gasteiger partial charge in [0.05, 0.1) is 18.4 Å². The molecule has 0 saturated carbocycles. The van der Waals surface area contributed by atoms with E-state index in [1.165, 1.54) is 0 Å². The van der Waals surface area contributed by atoms with E-state index >= 15 is 0 Å². The maximum atomic E-state index is 12.8. The summed E-state index contributed by atoms with van der Waals surface area (Å²) in [5.41, 5.74) is 4.43. The molecular weight excluding hydrogens is 326 g/mol. The van der Waals surface area contributed by atoms with Gasteiger partial charge in [-0.05, 0) is 36.2 Å². The number of nitrogens with zero attached hydrogens (tertiary/aromatic N) is 2. The molecule has 0 bridgehead atoms. The van der Waals surface area contributed by atoms with Gasteiger partial charge in [0.15, 0.2) is 5.43 Å². The van der Waals surface area contributed by atoms with Crippen molar-refractivity contribution >= 4 is 10.9 Å². The summed E-state index contributed by atoms with van der Waals surface area (Å²) >= 11 is 0. The first-order chi connectivity index (χ1) is 12.7. The fourth-order valence-corrected chi connectivity index (χ4v) is 3.23. The quantitative estimate of drug-likeness (QED) is 0.592. The SMILES string of the molecule is CCc1c(-c2cnn(Cc3ccc(O)cc3)c2)[nH]c2ccccc2c1=O. The molecule has 5 nitrogen and oxygen atoms in total. The predicted octanol–water partition coefficient (Wildman–Crippen LogP) is 3.71. The van der Waals surface area contributed by atoms with Crippen molar-refractivity contribution in [3.8, 4) is 17.0 Å². The lowest BCUT2D eigenvalue weighted by Gasteiger charge is -2.08. The molecule has 0 spiro atoms. The van der Waals surface area contributed by atoms with E-state index in [2.05, 4.69) is 10.1 Å². The van der Waals surface area contributed by atoms with Crippen molar-refractivity contribution in [3.63, 3.8) is 0 Å². The lowest BCUT2D eigenvalue weighted by Crippen LogP contribution is -2.12. The minimum absolute atomic E-state index is 0.0723. The minimum atomic E-state index is 0.0723. The van der Waals surface area contributed by atoms with Crippen molar-refractivity contribution in [3.05, 3.63) is 82.3 Å². The largest absolute Gasteiger partial charge is 0.508 e. The summed E-state index contributed by atoms with van der Waals surface area (Å²) in [7, 11) is 0. The highest BCUT2D eigenvalue weighted by Crippen LogP contribution is 2.23. The number of H-pyrrole nitrogens is 1. The van der Waals surface area contributed by atoms with Crippen LogP contribution in [-0.2, 0) is 13.0 Å². The second-order valence-electron chi connectivity index (χ2n) is 6.30. The van der Waals surface area contributed by atoms with Crippen molar-refractivity contribution in [2.24, 2.45) is 0 Å². The van der Waals surface area contributed by atoms with Gasteiger partial charge in [0, 0.05) is 28.2 Å². The number of nitrogens with one attached hydrogen (secondary N) is 1. The summed E-state index contributed by atoms with van der Waals surface area (Å²) < 4.78 is 1.83. The third kappa shape index (κ3) is 2.88. The number of fused-ring (bicyclic) bond motifs is 1. The third-order valence-electron chi connectivity index (χ3n) is 4.56. The Morgan fingerprint density at radius 3 is 2.65 bits per heavy atom. The van der Waals surface area contributed by atoms with E-state index < -0.39 is 0 Å². The highest BCUT2D eigenvalue weighted by Gasteiger charge is 2.13. The maximum Gasteiger partial charge on any atom is 0.193 e. The van der Waals surface area contributed by atoms with Gasteiger partial charge in [-0.15, -0.1) is 0 Å². The number of rotatable bonds is 4. The number of pyridine rings is 1. The summed E-state index contributed by atoms with van der Waals surface area (Å²) in [4.78, 5) is 16.2. The Balaban J connectivity index is 1.75. The van der Waals surface area contributed by atoms with Crippen molar-refractivity contribution in [2.75, 3.05) is 0 Å². The molecule has 0 fully saturated rings. The van der Waals surface area contributed by atoms with Crippen LogP contribution in [0.4, 0.5) is 0 Å². The van der Waals surface area contributed by atoms with E-state index in [1.54, 1.807) is 18.3 Å². The van der Waals surface area contributed by atoms with Crippen molar-refractivity contribution < 1.29 is 5.11 Å². The molecule has 2 aromatic carbocycles. The Morgan fingerprint density at radius 2 is 1.88 bits per heavy atom. The van der Waals surface area contributed by atoms with Crippen LogP contribution in [0.2, 0.25) is 0 Å². The number of phenolic OH excluding ortho intramolecular Hbond substituents is 1. The zero-order valence-electron chi connectivity index (χ0n) is 14.4. The van der Waals surface area contributed by atoms with E-state index in [-0.39, 0.29) is 11.2 Å². The van der Waals surface area contributed by atoms with Crippen LogP contribution in [0.3, 0.4) is 0 Å². The van der Waals surface area contributed by atoms with Gasteiger partial charge in [-0.25, -0.2) is 0 Å². The Labute approximate surface area is 150 Å². The van der Waals surface area contributed by atoms with E-state index in [4.69, 9.17) is 0 Å². The summed E-state index contributed by atoms with van der Waals surface area (Å²) in [6.07, 6.45) is 4.37. The highest BCUT2D eigenvalue weighted by molar-refractivity contribution is 5.83. The normalized spacial score (nSPS) is 11.1. The predicted molar refractivity (Wildman–Crippen MR) is 102 cm³/mol. The van der Waals surface area contributed by atoms with Crippen LogP contribution in [-0.4, -0.2) is 19.9 Å². The zero-order chi connectivity index (χ0) is 18.1. The smallest absolute Gasteiger partial charge is 0.193 e. The monoisotopic (exact) mass is 345 g/mol. The first-order valence-electron chi connectivity index (χ1n) is 8.60. The number of aromatic hydroxyl groups is 1. The first-order valence-corrected chi connectivity index (χ1v) is 8.60. The van der Waals surface area contributed by atoms with Gasteiger partial charge in [-0.2, -0.15) is 5.10 Å². The molecule has 0 unspecified atom stereocenters. The summed E-state index contributed by atoms with van der Waals surface area (Å²) in [6, 6.07) is 14.6. The topological polar surface area (TPSA) is 70.9 Å². The molecule has 26 heavy (non-hydrogen) atoms. The first kappa shape index (κ1) is 16.1. The summed E-state index contributed by atoms with van der Waals surface area (Å²) in [5.74, 6) is 0.247. The number of hydrogen-bond acceptors (Lipinski definition) is 3. The number of benzene rings is 2. The second-order valence-corrected chi connectivity index (χ2v) is 6.30. The van der Waals surface area contributed by atoms with Crippen molar-refractivity contribution in [2.45, 2.75) is 19.9 Å². The van der Waals surface area contributed by atoms with Crippen LogP contribution < -0.4 is 5.43 Å². The van der Waals surface area contributed by atoms with Crippen molar-refractivity contribution in [1.82, 2.24) is 14.8 Å². The Kier molecular flexibility index (Phi) is 4.05. The molecule has 0 aliphatic rings. The zero-order valence-corrected chi connectivity index (χ0v) is 14.4. The van der Waals surface area contributed by atoms with Crippen LogP contribution in [0.25, 0.3) is 22.2 Å². The van der Waals surface area contributed by atoms with Gasteiger partial charge in [-0.3, -0.25) is 9.48 Å².